The monoisotopic (exact) mass is 380 g/mol. The van der Waals surface area contributed by atoms with Gasteiger partial charge < -0.3 is 10.2 Å². The van der Waals surface area contributed by atoms with Crippen LogP contribution in [0.5, 0.6) is 0 Å². The van der Waals surface area contributed by atoms with Crippen molar-refractivity contribution in [3.8, 4) is 11.4 Å². The number of H-pyrrole nitrogens is 1. The smallest absolute Gasteiger partial charge is 0.155 e. The van der Waals surface area contributed by atoms with Crippen molar-refractivity contribution in [3.05, 3.63) is 42.6 Å². The fourth-order valence-corrected chi connectivity index (χ4v) is 3.82. The minimum absolute atomic E-state index is 0.356. The summed E-state index contributed by atoms with van der Waals surface area (Å²) in [5, 5.41) is 11.7. The minimum Gasteiger partial charge on any atom is -0.354 e. The quantitative estimate of drug-likeness (QED) is 0.705. The van der Waals surface area contributed by atoms with Crippen LogP contribution in [0.15, 0.2) is 37.0 Å². The van der Waals surface area contributed by atoms with Gasteiger partial charge in [-0.1, -0.05) is 20.4 Å². The fraction of sp³-hybridized carbons (Fsp3) is 0.381. The maximum Gasteiger partial charge on any atom is 0.155 e. The van der Waals surface area contributed by atoms with Crippen molar-refractivity contribution in [1.29, 1.82) is 0 Å². The van der Waals surface area contributed by atoms with E-state index in [4.69, 9.17) is 4.98 Å². The van der Waals surface area contributed by atoms with Crippen molar-refractivity contribution in [2.24, 2.45) is 5.92 Å². The third kappa shape index (κ3) is 3.62. The minimum atomic E-state index is -0.521. The number of nitrogens with one attached hydrogen (secondary N) is 2. The van der Waals surface area contributed by atoms with Gasteiger partial charge in [-0.05, 0) is 36.6 Å². The van der Waals surface area contributed by atoms with Crippen LogP contribution in [-0.2, 0) is 0 Å². The lowest BCUT2D eigenvalue weighted by molar-refractivity contribution is 0.387. The van der Waals surface area contributed by atoms with Gasteiger partial charge in [0.1, 0.15) is 23.0 Å². The topological polar surface area (TPSA) is 69.7 Å². The SMILES string of the molecule is C=C(F)c1ccc(N2CCN[C@@H](CC(C)C)C2)nc1-c1n[nH]c2ncccc12. The molecule has 28 heavy (non-hydrogen) atoms. The molecule has 0 aromatic carbocycles. The van der Waals surface area contributed by atoms with E-state index in [2.05, 4.69) is 45.8 Å². The highest BCUT2D eigenvalue weighted by Crippen LogP contribution is 2.32. The van der Waals surface area contributed by atoms with E-state index in [-0.39, 0.29) is 0 Å². The molecule has 0 unspecified atom stereocenters. The summed E-state index contributed by atoms with van der Waals surface area (Å²) in [5.74, 6) is 0.934. The number of halogens is 1. The molecule has 4 rings (SSSR count). The van der Waals surface area contributed by atoms with Crippen LogP contribution in [0.1, 0.15) is 25.8 Å². The lowest BCUT2D eigenvalue weighted by Gasteiger charge is -2.35. The first-order valence-electron chi connectivity index (χ1n) is 9.66. The van der Waals surface area contributed by atoms with Gasteiger partial charge in [0.15, 0.2) is 5.65 Å². The predicted octanol–water partition coefficient (Wildman–Crippen LogP) is 3.78. The molecule has 0 bridgehead atoms. The van der Waals surface area contributed by atoms with Crippen molar-refractivity contribution < 1.29 is 4.39 Å². The average molecular weight is 380 g/mol. The molecule has 0 amide bonds. The zero-order chi connectivity index (χ0) is 19.7. The summed E-state index contributed by atoms with van der Waals surface area (Å²) in [6.45, 7) is 10.6. The van der Waals surface area contributed by atoms with Gasteiger partial charge in [0.25, 0.3) is 0 Å². The molecular formula is C21H25FN6. The first-order chi connectivity index (χ1) is 13.5. The van der Waals surface area contributed by atoms with Gasteiger partial charge in [0.05, 0.1) is 0 Å². The lowest BCUT2D eigenvalue weighted by Crippen LogP contribution is -2.51. The lowest BCUT2D eigenvalue weighted by atomic mass is 10.0. The van der Waals surface area contributed by atoms with E-state index in [0.29, 0.717) is 34.6 Å². The molecule has 3 aromatic rings. The van der Waals surface area contributed by atoms with Gasteiger partial charge in [0.2, 0.25) is 0 Å². The first-order valence-corrected chi connectivity index (χ1v) is 9.66. The normalized spacial score (nSPS) is 17.4. The van der Waals surface area contributed by atoms with E-state index in [0.717, 1.165) is 37.3 Å². The van der Waals surface area contributed by atoms with E-state index in [1.54, 1.807) is 12.3 Å². The molecule has 6 nitrogen and oxygen atoms in total. The van der Waals surface area contributed by atoms with Gasteiger partial charge >= 0.3 is 0 Å². The average Bonchev–Trinajstić information content (AvgIpc) is 3.11. The molecule has 3 aromatic heterocycles. The highest BCUT2D eigenvalue weighted by atomic mass is 19.1. The first kappa shape index (κ1) is 18.6. The summed E-state index contributed by atoms with van der Waals surface area (Å²) in [6, 6.07) is 7.78. The summed E-state index contributed by atoms with van der Waals surface area (Å²) in [7, 11) is 0. The number of anilines is 1. The summed E-state index contributed by atoms with van der Waals surface area (Å²) in [6.07, 6.45) is 2.80. The maximum atomic E-state index is 14.2. The second kappa shape index (κ2) is 7.67. The molecular weight excluding hydrogens is 355 g/mol. The van der Waals surface area contributed by atoms with Crippen LogP contribution in [0, 0.1) is 5.92 Å². The molecule has 7 heteroatoms. The van der Waals surface area contributed by atoms with Crippen LogP contribution in [0.4, 0.5) is 10.2 Å². The molecule has 146 valence electrons. The molecule has 0 radical (unpaired) electrons. The van der Waals surface area contributed by atoms with Crippen LogP contribution in [0.2, 0.25) is 0 Å². The zero-order valence-electron chi connectivity index (χ0n) is 16.2. The second-order valence-electron chi connectivity index (χ2n) is 7.67. The molecule has 1 atom stereocenters. The van der Waals surface area contributed by atoms with E-state index < -0.39 is 5.83 Å². The molecule has 2 N–H and O–H groups in total. The van der Waals surface area contributed by atoms with E-state index in [1.807, 2.05) is 18.2 Å². The number of fused-ring (bicyclic) bond motifs is 1. The van der Waals surface area contributed by atoms with Gasteiger partial charge in [-0.2, -0.15) is 5.10 Å². The Kier molecular flexibility index (Phi) is 5.09. The fourth-order valence-electron chi connectivity index (χ4n) is 3.82. The molecule has 4 heterocycles. The molecule has 0 aliphatic carbocycles. The Labute approximate surface area is 163 Å². The van der Waals surface area contributed by atoms with Crippen LogP contribution < -0.4 is 10.2 Å². The van der Waals surface area contributed by atoms with Gasteiger partial charge in [-0.3, -0.25) is 5.10 Å². The number of pyridine rings is 2. The number of nitrogens with zero attached hydrogens (tertiary/aromatic N) is 4. The van der Waals surface area contributed by atoms with Crippen LogP contribution in [0.25, 0.3) is 28.2 Å². The van der Waals surface area contributed by atoms with Gasteiger partial charge in [0, 0.05) is 42.8 Å². The summed E-state index contributed by atoms with van der Waals surface area (Å²) in [5.41, 5.74) is 2.09. The summed E-state index contributed by atoms with van der Waals surface area (Å²) < 4.78 is 14.2. The van der Waals surface area contributed by atoms with Crippen molar-refractivity contribution in [2.75, 3.05) is 24.5 Å². The Balaban J connectivity index is 1.73. The third-order valence-electron chi connectivity index (χ3n) is 5.07. The largest absolute Gasteiger partial charge is 0.354 e. The van der Waals surface area contributed by atoms with Gasteiger partial charge in [-0.25, -0.2) is 14.4 Å². The van der Waals surface area contributed by atoms with Crippen molar-refractivity contribution in [2.45, 2.75) is 26.3 Å². The number of aromatic nitrogens is 4. The molecule has 1 aliphatic heterocycles. The van der Waals surface area contributed by atoms with E-state index >= 15 is 0 Å². The molecule has 0 spiro atoms. The third-order valence-corrected chi connectivity index (χ3v) is 5.07. The van der Waals surface area contributed by atoms with Gasteiger partial charge in [-0.15, -0.1) is 0 Å². The number of rotatable bonds is 5. The second-order valence-corrected chi connectivity index (χ2v) is 7.67. The summed E-state index contributed by atoms with van der Waals surface area (Å²) >= 11 is 0. The molecule has 1 aliphatic rings. The van der Waals surface area contributed by atoms with Crippen LogP contribution in [-0.4, -0.2) is 45.8 Å². The predicted molar refractivity (Wildman–Crippen MR) is 111 cm³/mol. The molecule has 0 saturated carbocycles. The summed E-state index contributed by atoms with van der Waals surface area (Å²) in [4.78, 5) is 11.3. The standard InChI is InChI=1S/C21H25FN6/c1-13(2)11-15-12-28(10-9-23-15)18-7-6-16(14(3)22)19(25-18)20-17-5-4-8-24-21(17)27-26-20/h4-8,13,15,23H,3,9-12H2,1-2H3,(H,24,26,27)/t15-/m0/s1. The zero-order valence-corrected chi connectivity index (χ0v) is 16.2. The Morgan fingerprint density at radius 2 is 2.18 bits per heavy atom. The van der Waals surface area contributed by atoms with Crippen molar-refractivity contribution >= 4 is 22.7 Å². The van der Waals surface area contributed by atoms with Crippen LogP contribution >= 0.6 is 0 Å². The molecule has 1 fully saturated rings. The van der Waals surface area contributed by atoms with Crippen molar-refractivity contribution in [1.82, 2.24) is 25.5 Å². The Morgan fingerprint density at radius 1 is 1.32 bits per heavy atom. The van der Waals surface area contributed by atoms with E-state index in [1.165, 1.54) is 0 Å². The Hall–Kier alpha value is -2.80. The number of piperazine rings is 1. The number of aromatic amines is 1. The maximum absolute atomic E-state index is 14.2. The highest BCUT2D eigenvalue weighted by molar-refractivity contribution is 5.92. The van der Waals surface area contributed by atoms with Crippen molar-refractivity contribution in [3.63, 3.8) is 0 Å². The molecule has 1 saturated heterocycles. The Morgan fingerprint density at radius 3 is 2.96 bits per heavy atom. The number of hydrogen-bond donors (Lipinski definition) is 2. The highest BCUT2D eigenvalue weighted by Gasteiger charge is 2.23. The Bertz CT molecular complexity index is 995. The van der Waals surface area contributed by atoms with Crippen LogP contribution in [0.3, 0.4) is 0 Å². The van der Waals surface area contributed by atoms with E-state index in [9.17, 15) is 4.39 Å². The number of hydrogen-bond acceptors (Lipinski definition) is 5.